The summed E-state index contributed by atoms with van der Waals surface area (Å²) in [4.78, 5) is 35.6. The van der Waals surface area contributed by atoms with E-state index in [0.717, 1.165) is 102 Å². The highest BCUT2D eigenvalue weighted by Crippen LogP contribution is 2.40. The first-order valence-electron chi connectivity index (χ1n) is 19.5. The van der Waals surface area contributed by atoms with Gasteiger partial charge in [0.2, 0.25) is 6.04 Å². The summed E-state index contributed by atoms with van der Waals surface area (Å²) in [5.74, 6) is 0.400. The molecule has 1 unspecified atom stereocenters. The molecule has 0 bridgehead atoms. The molecular weight excluding hydrogens is 598 g/mol. The molecule has 0 N–H and O–H groups in total. The fraction of sp³-hybridized carbons (Fsp3) is 0.947. The lowest BCUT2D eigenvalue weighted by molar-refractivity contribution is -0.527. The molecule has 0 amide bonds. The van der Waals surface area contributed by atoms with Crippen molar-refractivity contribution < 1.29 is 33.5 Å². The molecule has 3 saturated carbocycles. The van der Waals surface area contributed by atoms with E-state index in [4.69, 9.17) is 18.9 Å². The van der Waals surface area contributed by atoms with Gasteiger partial charge < -0.3 is 18.9 Å². The van der Waals surface area contributed by atoms with Crippen LogP contribution in [0.3, 0.4) is 0 Å². The zero-order chi connectivity index (χ0) is 33.7. The Morgan fingerprint density at radius 1 is 0.660 bits per heavy atom. The predicted molar refractivity (Wildman–Crippen MR) is 184 cm³/mol. The van der Waals surface area contributed by atoms with Crippen molar-refractivity contribution in [2.75, 3.05) is 26.9 Å². The Morgan fingerprint density at radius 2 is 1.19 bits per heavy atom. The number of hydrogen-bond acceptors (Lipinski definition) is 8. The molecule has 0 saturated heterocycles. The molecule has 9 nitrogen and oxygen atoms in total. The lowest BCUT2D eigenvalue weighted by atomic mass is 9.72. The number of methoxy groups -OCH3 is 1. The van der Waals surface area contributed by atoms with Crippen molar-refractivity contribution in [1.29, 1.82) is 0 Å². The molecule has 0 spiro atoms. The second kappa shape index (κ2) is 23.6. The minimum absolute atomic E-state index is 0.104. The van der Waals surface area contributed by atoms with E-state index in [1.165, 1.54) is 64.9 Å². The van der Waals surface area contributed by atoms with Crippen molar-refractivity contribution in [3.05, 3.63) is 10.1 Å². The number of nitro groups is 1. The molecule has 47 heavy (non-hydrogen) atoms. The van der Waals surface area contributed by atoms with Gasteiger partial charge in [0.05, 0.1) is 25.9 Å². The third-order valence-electron chi connectivity index (χ3n) is 11.3. The van der Waals surface area contributed by atoms with E-state index in [0.29, 0.717) is 44.0 Å². The monoisotopic (exact) mass is 665 g/mol. The fourth-order valence-corrected chi connectivity index (χ4v) is 8.11. The van der Waals surface area contributed by atoms with Crippen LogP contribution in [0.1, 0.15) is 161 Å². The van der Waals surface area contributed by atoms with Gasteiger partial charge in [0, 0.05) is 31.0 Å². The van der Waals surface area contributed by atoms with Crippen LogP contribution >= 0.6 is 0 Å². The minimum Gasteiger partial charge on any atom is -0.468 e. The smallest absolute Gasteiger partial charge is 0.320 e. The van der Waals surface area contributed by atoms with Gasteiger partial charge in [-0.25, -0.2) is 0 Å². The zero-order valence-corrected chi connectivity index (χ0v) is 29.8. The predicted octanol–water partition coefficient (Wildman–Crippen LogP) is 9.01. The second-order valence-corrected chi connectivity index (χ2v) is 14.8. The number of ether oxygens (including phenoxy) is 4. The van der Waals surface area contributed by atoms with Crippen LogP contribution in [-0.2, 0) is 28.5 Å². The van der Waals surface area contributed by atoms with E-state index in [9.17, 15) is 19.7 Å². The van der Waals surface area contributed by atoms with Gasteiger partial charge in [0.25, 0.3) is 0 Å². The van der Waals surface area contributed by atoms with Crippen LogP contribution in [0, 0.1) is 33.8 Å². The minimum atomic E-state index is -0.812. The maximum absolute atomic E-state index is 12.5. The Morgan fingerprint density at radius 3 is 1.77 bits per heavy atom. The SMILES string of the molecule is CCCCCCCCCOC(=O)C(CCCCCCOC1CCC(C2CCC(OCC3CCC([N+](=O)[O-])CC3)CC2)CC1)C(=O)OC. The van der Waals surface area contributed by atoms with Crippen molar-refractivity contribution in [3.63, 3.8) is 0 Å². The van der Waals surface area contributed by atoms with Crippen LogP contribution in [0.25, 0.3) is 0 Å². The van der Waals surface area contributed by atoms with Gasteiger partial charge in [-0.1, -0.05) is 64.7 Å². The Hall–Kier alpha value is -1.74. The quantitative estimate of drug-likeness (QED) is 0.0349. The fourth-order valence-electron chi connectivity index (χ4n) is 8.11. The lowest BCUT2D eigenvalue weighted by Crippen LogP contribution is -2.32. The summed E-state index contributed by atoms with van der Waals surface area (Å²) in [6.45, 7) is 4.16. The van der Waals surface area contributed by atoms with Crippen LogP contribution in [0.4, 0.5) is 0 Å². The van der Waals surface area contributed by atoms with Gasteiger partial charge in [-0.15, -0.1) is 0 Å². The summed E-state index contributed by atoms with van der Waals surface area (Å²) >= 11 is 0. The van der Waals surface area contributed by atoms with Gasteiger partial charge in [0.1, 0.15) is 0 Å². The topological polar surface area (TPSA) is 114 Å². The van der Waals surface area contributed by atoms with Gasteiger partial charge in [-0.2, -0.15) is 0 Å². The molecule has 1 atom stereocenters. The number of nitrogens with zero attached hydrogens (tertiary/aromatic N) is 1. The summed E-state index contributed by atoms with van der Waals surface area (Å²) in [6, 6.07) is -0.338. The highest BCUT2D eigenvalue weighted by atomic mass is 16.6. The molecule has 0 heterocycles. The molecule has 3 fully saturated rings. The third-order valence-corrected chi connectivity index (χ3v) is 11.3. The summed E-state index contributed by atoms with van der Waals surface area (Å²) < 4.78 is 22.9. The molecular formula is C38H67NO8. The van der Waals surface area contributed by atoms with E-state index < -0.39 is 17.9 Å². The highest BCUT2D eigenvalue weighted by Gasteiger charge is 2.33. The molecule has 0 aromatic heterocycles. The Kier molecular flexibility index (Phi) is 19.9. The number of carbonyl (C=O) groups excluding carboxylic acids is 2. The van der Waals surface area contributed by atoms with Crippen molar-refractivity contribution in [2.45, 2.75) is 179 Å². The average molecular weight is 666 g/mol. The number of esters is 2. The summed E-state index contributed by atoms with van der Waals surface area (Å²) in [7, 11) is 1.34. The number of hydrogen-bond donors (Lipinski definition) is 0. The Labute approximate surface area is 285 Å². The maximum atomic E-state index is 12.5. The van der Waals surface area contributed by atoms with Crippen LogP contribution in [0.15, 0.2) is 0 Å². The van der Waals surface area contributed by atoms with Gasteiger partial charge in [-0.3, -0.25) is 19.7 Å². The van der Waals surface area contributed by atoms with Gasteiger partial charge >= 0.3 is 11.9 Å². The third kappa shape index (κ3) is 15.6. The van der Waals surface area contributed by atoms with E-state index in [1.54, 1.807) is 0 Å². The van der Waals surface area contributed by atoms with E-state index in [-0.39, 0.29) is 11.0 Å². The van der Waals surface area contributed by atoms with Gasteiger partial charge in [0.15, 0.2) is 5.92 Å². The molecule has 3 aliphatic rings. The molecule has 272 valence electrons. The van der Waals surface area contributed by atoms with Crippen LogP contribution in [-0.4, -0.2) is 62.0 Å². The van der Waals surface area contributed by atoms with Crippen molar-refractivity contribution >= 4 is 11.9 Å². The molecule has 0 aromatic carbocycles. The molecule has 9 heteroatoms. The summed E-state index contributed by atoms with van der Waals surface area (Å²) in [5.41, 5.74) is 0. The van der Waals surface area contributed by atoms with Crippen molar-refractivity contribution in [1.82, 2.24) is 0 Å². The lowest BCUT2D eigenvalue weighted by Gasteiger charge is -2.38. The standard InChI is InChI=1S/C38H67NO8/c1-3-4-5-6-7-9-13-28-46-38(41)36(37(40)44-2)14-11-8-10-12-27-45-34-23-17-31(18-24-34)32-19-25-35(26-20-32)47-29-30-15-21-33(22-16-30)39(42)43/h30-36H,3-29H2,1-2H3. The molecule has 0 aromatic rings. The molecule has 0 aliphatic heterocycles. The first-order chi connectivity index (χ1) is 22.9. The van der Waals surface area contributed by atoms with Crippen molar-refractivity contribution in [2.24, 2.45) is 23.7 Å². The summed E-state index contributed by atoms with van der Waals surface area (Å²) in [5, 5.41) is 11.0. The average Bonchev–Trinajstić information content (AvgIpc) is 3.10. The second-order valence-electron chi connectivity index (χ2n) is 14.8. The molecule has 3 aliphatic carbocycles. The van der Waals surface area contributed by atoms with Crippen molar-refractivity contribution in [3.8, 4) is 0 Å². The van der Waals surface area contributed by atoms with Gasteiger partial charge in [-0.05, 0) is 101 Å². The first kappa shape index (κ1) is 39.7. The number of rotatable bonds is 23. The van der Waals surface area contributed by atoms with Crippen LogP contribution in [0.5, 0.6) is 0 Å². The largest absolute Gasteiger partial charge is 0.468 e. The molecule has 3 rings (SSSR count). The Balaban J connectivity index is 1.16. The van der Waals surface area contributed by atoms with E-state index in [1.807, 2.05) is 0 Å². The number of unbranched alkanes of at least 4 members (excludes halogenated alkanes) is 9. The normalized spacial score (nSPS) is 27.2. The zero-order valence-electron chi connectivity index (χ0n) is 29.8. The molecule has 0 radical (unpaired) electrons. The highest BCUT2D eigenvalue weighted by molar-refractivity contribution is 5.94. The Bertz CT molecular complexity index is 860. The van der Waals surface area contributed by atoms with E-state index in [2.05, 4.69) is 6.92 Å². The first-order valence-corrected chi connectivity index (χ1v) is 19.5. The summed E-state index contributed by atoms with van der Waals surface area (Å²) in [6.07, 6.45) is 26.1. The maximum Gasteiger partial charge on any atom is 0.320 e. The van der Waals surface area contributed by atoms with E-state index >= 15 is 0 Å². The van der Waals surface area contributed by atoms with Crippen LogP contribution in [0.2, 0.25) is 0 Å². The number of carbonyl (C=O) groups is 2. The van der Waals surface area contributed by atoms with Crippen LogP contribution < -0.4 is 0 Å².